The van der Waals surface area contributed by atoms with Crippen LogP contribution in [0.25, 0.3) is 0 Å². The fraction of sp³-hybridized carbons (Fsp3) is 0.556. The number of carbonyl (C=O) groups excluding carboxylic acids is 2. The molecule has 3 heteroatoms. The van der Waals surface area contributed by atoms with Gasteiger partial charge in [0.05, 0.1) is 0 Å². The average Bonchev–Trinajstić information content (AvgIpc) is 2.50. The first-order valence-electron chi connectivity index (χ1n) is 8.02. The zero-order valence-corrected chi connectivity index (χ0v) is 13.0. The van der Waals surface area contributed by atoms with Crippen LogP contribution in [-0.4, -0.2) is 12.3 Å². The van der Waals surface area contributed by atoms with Gasteiger partial charge < -0.3 is 4.74 Å². The predicted molar refractivity (Wildman–Crippen MR) is 84.7 cm³/mol. The topological polar surface area (TPSA) is 43.4 Å². The molecule has 0 saturated carbocycles. The number of aldehydes is 1. The molecule has 0 atom stereocenters. The lowest BCUT2D eigenvalue weighted by Crippen LogP contribution is -2.07. The van der Waals surface area contributed by atoms with E-state index in [2.05, 4.69) is 6.92 Å². The van der Waals surface area contributed by atoms with Crippen LogP contribution >= 0.6 is 0 Å². The van der Waals surface area contributed by atoms with Crippen molar-refractivity contribution in [1.82, 2.24) is 0 Å². The molecule has 1 rings (SSSR count). The number of carbonyl (C=O) groups is 2. The minimum atomic E-state index is -0.218. The largest absolute Gasteiger partial charge is 0.427 e. The molecule has 0 heterocycles. The molecule has 0 amide bonds. The van der Waals surface area contributed by atoms with E-state index in [0.717, 1.165) is 19.1 Å². The van der Waals surface area contributed by atoms with Crippen LogP contribution in [0.4, 0.5) is 0 Å². The molecule has 0 unspecified atom stereocenters. The Labute approximate surface area is 127 Å². The molecular formula is C18H26O3. The maximum absolute atomic E-state index is 11.7. The molecule has 0 aliphatic carbocycles. The van der Waals surface area contributed by atoms with Gasteiger partial charge in [0.1, 0.15) is 12.0 Å². The quantitative estimate of drug-likeness (QED) is 0.251. The normalized spacial score (nSPS) is 10.3. The first kappa shape index (κ1) is 17.4. The Morgan fingerprint density at radius 3 is 2.38 bits per heavy atom. The first-order chi connectivity index (χ1) is 10.3. The molecule has 0 aromatic heterocycles. The number of benzene rings is 1. The number of esters is 1. The SMILES string of the molecule is CCCCCCCCCCC(=O)Oc1cccc(C=O)c1. The number of hydrogen-bond donors (Lipinski definition) is 0. The summed E-state index contributed by atoms with van der Waals surface area (Å²) in [5.74, 6) is 0.230. The fourth-order valence-corrected chi connectivity index (χ4v) is 2.24. The monoisotopic (exact) mass is 290 g/mol. The van der Waals surface area contributed by atoms with E-state index in [4.69, 9.17) is 4.74 Å². The van der Waals surface area contributed by atoms with Crippen molar-refractivity contribution >= 4 is 12.3 Å². The summed E-state index contributed by atoms with van der Waals surface area (Å²) in [6.07, 6.45) is 10.8. The van der Waals surface area contributed by atoms with Crippen molar-refractivity contribution in [3.05, 3.63) is 29.8 Å². The summed E-state index contributed by atoms with van der Waals surface area (Å²) in [7, 11) is 0. The lowest BCUT2D eigenvalue weighted by molar-refractivity contribution is -0.134. The fourth-order valence-electron chi connectivity index (χ4n) is 2.24. The molecule has 21 heavy (non-hydrogen) atoms. The summed E-state index contributed by atoms with van der Waals surface area (Å²) in [6, 6.07) is 6.67. The summed E-state index contributed by atoms with van der Waals surface area (Å²) >= 11 is 0. The third kappa shape index (κ3) is 8.28. The lowest BCUT2D eigenvalue weighted by Gasteiger charge is -2.05. The Balaban J connectivity index is 2.09. The molecule has 0 saturated heterocycles. The minimum absolute atomic E-state index is 0.218. The van der Waals surface area contributed by atoms with Gasteiger partial charge in [-0.25, -0.2) is 0 Å². The van der Waals surface area contributed by atoms with Crippen LogP contribution < -0.4 is 4.74 Å². The lowest BCUT2D eigenvalue weighted by atomic mass is 10.1. The summed E-state index contributed by atoms with van der Waals surface area (Å²) in [6.45, 7) is 2.22. The van der Waals surface area contributed by atoms with E-state index in [1.807, 2.05) is 0 Å². The number of hydrogen-bond acceptors (Lipinski definition) is 3. The van der Waals surface area contributed by atoms with Crippen LogP contribution in [0.1, 0.15) is 75.1 Å². The van der Waals surface area contributed by atoms with E-state index < -0.39 is 0 Å². The molecule has 0 bridgehead atoms. The smallest absolute Gasteiger partial charge is 0.311 e. The van der Waals surface area contributed by atoms with Crippen molar-refractivity contribution < 1.29 is 14.3 Å². The molecule has 0 radical (unpaired) electrons. The van der Waals surface area contributed by atoms with Gasteiger partial charge >= 0.3 is 5.97 Å². The Morgan fingerprint density at radius 1 is 1.05 bits per heavy atom. The molecule has 0 aliphatic heterocycles. The van der Waals surface area contributed by atoms with E-state index in [1.54, 1.807) is 24.3 Å². The van der Waals surface area contributed by atoms with Crippen LogP contribution in [0.15, 0.2) is 24.3 Å². The maximum Gasteiger partial charge on any atom is 0.311 e. The highest BCUT2D eigenvalue weighted by molar-refractivity contribution is 5.77. The van der Waals surface area contributed by atoms with Crippen LogP contribution in [0.3, 0.4) is 0 Å². The molecule has 3 nitrogen and oxygen atoms in total. The van der Waals surface area contributed by atoms with Crippen molar-refractivity contribution in [1.29, 1.82) is 0 Å². The van der Waals surface area contributed by atoms with Crippen LogP contribution in [-0.2, 0) is 4.79 Å². The van der Waals surface area contributed by atoms with Crippen molar-refractivity contribution in [3.63, 3.8) is 0 Å². The standard InChI is InChI=1S/C18H26O3/c1-2-3-4-5-6-7-8-9-13-18(20)21-17-12-10-11-16(14-17)15-19/h10-12,14-15H,2-9,13H2,1H3. The third-order valence-electron chi connectivity index (χ3n) is 3.46. The Bertz CT molecular complexity index is 426. The van der Waals surface area contributed by atoms with Crippen LogP contribution in [0.2, 0.25) is 0 Å². The zero-order chi connectivity index (χ0) is 15.3. The molecule has 1 aromatic rings. The molecule has 1 aromatic carbocycles. The van der Waals surface area contributed by atoms with E-state index >= 15 is 0 Å². The number of ether oxygens (including phenoxy) is 1. The van der Waals surface area contributed by atoms with Gasteiger partial charge in [0, 0.05) is 12.0 Å². The maximum atomic E-state index is 11.7. The predicted octanol–water partition coefficient (Wildman–Crippen LogP) is 4.94. The van der Waals surface area contributed by atoms with Gasteiger partial charge in [-0.1, -0.05) is 64.0 Å². The molecule has 0 aliphatic rings. The third-order valence-corrected chi connectivity index (χ3v) is 3.46. The van der Waals surface area contributed by atoms with Gasteiger partial charge in [-0.3, -0.25) is 9.59 Å². The summed E-state index contributed by atoms with van der Waals surface area (Å²) in [5.41, 5.74) is 0.521. The van der Waals surface area contributed by atoms with E-state index in [1.165, 1.54) is 38.5 Å². The molecule has 0 N–H and O–H groups in total. The molecule has 0 spiro atoms. The average molecular weight is 290 g/mol. The molecule has 116 valence electrons. The van der Waals surface area contributed by atoms with Crippen molar-refractivity contribution in [3.8, 4) is 5.75 Å². The molecule has 0 fully saturated rings. The van der Waals surface area contributed by atoms with Crippen molar-refractivity contribution in [2.75, 3.05) is 0 Å². The van der Waals surface area contributed by atoms with E-state index in [0.29, 0.717) is 17.7 Å². The van der Waals surface area contributed by atoms with Gasteiger partial charge in [-0.2, -0.15) is 0 Å². The summed E-state index contributed by atoms with van der Waals surface area (Å²) in [5, 5.41) is 0. The van der Waals surface area contributed by atoms with Gasteiger partial charge in [0.25, 0.3) is 0 Å². The number of unbranched alkanes of at least 4 members (excludes halogenated alkanes) is 7. The second-order valence-corrected chi connectivity index (χ2v) is 5.39. The van der Waals surface area contributed by atoms with E-state index in [-0.39, 0.29) is 5.97 Å². The van der Waals surface area contributed by atoms with E-state index in [9.17, 15) is 9.59 Å². The molecular weight excluding hydrogens is 264 g/mol. The summed E-state index contributed by atoms with van der Waals surface area (Å²) < 4.78 is 5.22. The van der Waals surface area contributed by atoms with Crippen molar-refractivity contribution in [2.45, 2.75) is 64.7 Å². The highest BCUT2D eigenvalue weighted by Crippen LogP contribution is 2.14. The second kappa shape index (κ2) is 11.1. The highest BCUT2D eigenvalue weighted by atomic mass is 16.5. The Hall–Kier alpha value is -1.64. The highest BCUT2D eigenvalue weighted by Gasteiger charge is 2.05. The van der Waals surface area contributed by atoms with Gasteiger partial charge in [0.2, 0.25) is 0 Å². The number of rotatable bonds is 11. The Kier molecular flexibility index (Phi) is 9.18. The first-order valence-corrected chi connectivity index (χ1v) is 8.02. The second-order valence-electron chi connectivity index (χ2n) is 5.39. The Morgan fingerprint density at radius 2 is 1.71 bits per heavy atom. The zero-order valence-electron chi connectivity index (χ0n) is 13.0. The van der Waals surface area contributed by atoms with Gasteiger partial charge in [0.15, 0.2) is 0 Å². The van der Waals surface area contributed by atoms with Gasteiger partial charge in [-0.15, -0.1) is 0 Å². The van der Waals surface area contributed by atoms with Crippen LogP contribution in [0, 0.1) is 0 Å². The van der Waals surface area contributed by atoms with Crippen molar-refractivity contribution in [2.24, 2.45) is 0 Å². The van der Waals surface area contributed by atoms with Crippen LogP contribution in [0.5, 0.6) is 5.75 Å². The minimum Gasteiger partial charge on any atom is -0.427 e. The van der Waals surface area contributed by atoms with Gasteiger partial charge in [-0.05, 0) is 18.6 Å². The summed E-state index contributed by atoms with van der Waals surface area (Å²) in [4.78, 5) is 22.3.